The summed E-state index contributed by atoms with van der Waals surface area (Å²) in [5, 5.41) is 24.4. The normalized spacial score (nSPS) is 24.7. The third-order valence-electron chi connectivity index (χ3n) is 7.29. The van der Waals surface area contributed by atoms with Crippen molar-refractivity contribution in [2.75, 3.05) is 39.8 Å². The van der Waals surface area contributed by atoms with E-state index in [1.807, 2.05) is 13.8 Å². The number of aliphatic hydroxyl groups is 1. The van der Waals surface area contributed by atoms with E-state index in [1.165, 1.54) is 4.90 Å². The first kappa shape index (κ1) is 32.3. The van der Waals surface area contributed by atoms with Gasteiger partial charge in [-0.3, -0.25) is 24.4 Å². The smallest absolute Gasteiger partial charge is 0.409 e. The van der Waals surface area contributed by atoms with Crippen LogP contribution in [0.5, 0.6) is 0 Å². The first-order valence-corrected chi connectivity index (χ1v) is 13.9. The van der Waals surface area contributed by atoms with Gasteiger partial charge >= 0.3 is 6.09 Å². The van der Waals surface area contributed by atoms with Gasteiger partial charge in [0, 0.05) is 32.6 Å². The Kier molecular flexibility index (Phi) is 13.4. The number of nitrogens with zero attached hydrogens (tertiary/aromatic N) is 2. The molecule has 2 unspecified atom stereocenters. The molecule has 2 aliphatic heterocycles. The van der Waals surface area contributed by atoms with E-state index in [9.17, 15) is 34.3 Å². The Morgan fingerprint density at radius 2 is 1.72 bits per heavy atom. The number of ether oxygens (including phenoxy) is 1. The van der Waals surface area contributed by atoms with Gasteiger partial charge in [-0.25, -0.2) is 10.3 Å². The van der Waals surface area contributed by atoms with Gasteiger partial charge in [0.15, 0.2) is 0 Å². The summed E-state index contributed by atoms with van der Waals surface area (Å²) < 4.78 is 5.28. The molecular weight excluding hydrogens is 510 g/mol. The van der Waals surface area contributed by atoms with Crippen LogP contribution in [0, 0.1) is 17.8 Å². The lowest BCUT2D eigenvalue weighted by atomic mass is 9.81. The second-order valence-corrected chi connectivity index (χ2v) is 10.9. The van der Waals surface area contributed by atoms with Crippen LogP contribution in [-0.4, -0.2) is 102 Å². The summed E-state index contributed by atoms with van der Waals surface area (Å²) in [5.74, 6) is -3.69. The molecule has 0 radical (unpaired) electrons. The van der Waals surface area contributed by atoms with Crippen LogP contribution >= 0.6 is 0 Å². The maximum Gasteiger partial charge on any atom is 0.409 e. The Bertz CT molecular complexity index is 846. The Labute approximate surface area is 229 Å². The molecule has 0 aromatic carbocycles. The third-order valence-corrected chi connectivity index (χ3v) is 7.29. The molecule has 0 aliphatic carbocycles. The van der Waals surface area contributed by atoms with Gasteiger partial charge in [0.2, 0.25) is 23.6 Å². The molecule has 222 valence electrons. The van der Waals surface area contributed by atoms with Crippen molar-refractivity contribution in [3.05, 3.63) is 0 Å². The van der Waals surface area contributed by atoms with Crippen molar-refractivity contribution in [3.8, 4) is 0 Å². The average Bonchev–Trinajstić information content (AvgIpc) is 2.91. The lowest BCUT2D eigenvalue weighted by Crippen LogP contribution is -2.52. The molecule has 0 aromatic heterocycles. The van der Waals surface area contributed by atoms with E-state index in [0.29, 0.717) is 58.2 Å². The number of piperidine rings is 1. The molecule has 5 N–H and O–H groups in total. The Balaban J connectivity index is 2.19. The topological polar surface area (TPSA) is 178 Å². The first-order chi connectivity index (χ1) is 18.5. The number of hydrogen-bond acceptors (Lipinski definition) is 8. The fourth-order valence-corrected chi connectivity index (χ4v) is 4.98. The van der Waals surface area contributed by atoms with Crippen LogP contribution in [0.1, 0.15) is 65.2 Å². The third kappa shape index (κ3) is 10.6. The van der Waals surface area contributed by atoms with Gasteiger partial charge in [0.25, 0.3) is 0 Å². The highest BCUT2D eigenvalue weighted by molar-refractivity contribution is 5.92. The van der Waals surface area contributed by atoms with Crippen LogP contribution in [-0.2, 0) is 23.9 Å². The maximum absolute atomic E-state index is 13.5. The van der Waals surface area contributed by atoms with Crippen LogP contribution in [0.3, 0.4) is 0 Å². The predicted octanol–water partition coefficient (Wildman–Crippen LogP) is 0.387. The monoisotopic (exact) mass is 555 g/mol. The molecule has 2 saturated heterocycles. The SMILES string of the molecule is CC(C)CC1C(=O)NC(C(=O)NCC(=O)N2CCC(O)CC2)CCCCN(C)C(=O)OCCC[C@@H]1C(=O)NO. The quantitative estimate of drug-likeness (QED) is 0.231. The molecule has 13 nitrogen and oxygen atoms in total. The lowest BCUT2D eigenvalue weighted by molar-refractivity contribution is -0.142. The van der Waals surface area contributed by atoms with Crippen molar-refractivity contribution in [1.82, 2.24) is 25.9 Å². The number of rotatable bonds is 6. The Morgan fingerprint density at radius 1 is 1.03 bits per heavy atom. The molecule has 13 heteroatoms. The zero-order valence-corrected chi connectivity index (χ0v) is 23.3. The van der Waals surface area contributed by atoms with Gasteiger partial charge in [-0.05, 0) is 57.3 Å². The van der Waals surface area contributed by atoms with Crippen molar-refractivity contribution >= 4 is 29.7 Å². The molecule has 0 bridgehead atoms. The van der Waals surface area contributed by atoms with Gasteiger partial charge in [0.05, 0.1) is 25.2 Å². The largest absolute Gasteiger partial charge is 0.449 e. The zero-order chi connectivity index (χ0) is 28.9. The summed E-state index contributed by atoms with van der Waals surface area (Å²) >= 11 is 0. The van der Waals surface area contributed by atoms with Crippen molar-refractivity contribution in [2.45, 2.75) is 77.4 Å². The molecule has 5 amide bonds. The number of hydrogen-bond donors (Lipinski definition) is 5. The van der Waals surface area contributed by atoms with E-state index in [2.05, 4.69) is 10.6 Å². The van der Waals surface area contributed by atoms with Gasteiger partial charge in [0.1, 0.15) is 6.04 Å². The molecular formula is C26H45N5O8. The number of hydroxylamine groups is 1. The summed E-state index contributed by atoms with van der Waals surface area (Å²) in [4.78, 5) is 67.1. The van der Waals surface area contributed by atoms with E-state index in [-0.39, 0.29) is 37.8 Å². The van der Waals surface area contributed by atoms with Gasteiger partial charge in [-0.1, -0.05) is 13.8 Å². The van der Waals surface area contributed by atoms with Crippen LogP contribution in [0.15, 0.2) is 0 Å². The minimum absolute atomic E-state index is 0.0382. The van der Waals surface area contributed by atoms with Crippen molar-refractivity contribution in [2.24, 2.45) is 17.8 Å². The number of cyclic esters (lactones) is 1. The minimum Gasteiger partial charge on any atom is -0.449 e. The van der Waals surface area contributed by atoms with Crippen LogP contribution in [0.4, 0.5) is 4.79 Å². The number of aliphatic hydroxyl groups excluding tert-OH is 1. The summed E-state index contributed by atoms with van der Waals surface area (Å²) in [6.07, 6.45) is 2.19. The molecule has 2 aliphatic rings. The number of nitrogens with one attached hydrogen (secondary N) is 3. The first-order valence-electron chi connectivity index (χ1n) is 13.9. The Morgan fingerprint density at radius 3 is 2.36 bits per heavy atom. The molecule has 2 fully saturated rings. The molecule has 39 heavy (non-hydrogen) atoms. The number of likely N-dealkylation sites (tertiary alicyclic amines) is 1. The highest BCUT2D eigenvalue weighted by Gasteiger charge is 2.36. The van der Waals surface area contributed by atoms with Gasteiger partial charge < -0.3 is 30.3 Å². The zero-order valence-electron chi connectivity index (χ0n) is 23.3. The number of amides is 5. The molecule has 2 heterocycles. The van der Waals surface area contributed by atoms with E-state index >= 15 is 0 Å². The lowest BCUT2D eigenvalue weighted by Gasteiger charge is -2.30. The minimum atomic E-state index is -0.955. The van der Waals surface area contributed by atoms with Crippen molar-refractivity contribution in [3.63, 3.8) is 0 Å². The predicted molar refractivity (Wildman–Crippen MR) is 140 cm³/mol. The fourth-order valence-electron chi connectivity index (χ4n) is 4.98. The second-order valence-electron chi connectivity index (χ2n) is 10.9. The highest BCUT2D eigenvalue weighted by atomic mass is 16.6. The molecule has 0 saturated carbocycles. The van der Waals surface area contributed by atoms with Crippen LogP contribution in [0.25, 0.3) is 0 Å². The average molecular weight is 556 g/mol. The number of carbonyl (C=O) groups is 5. The molecule has 0 aromatic rings. The van der Waals surface area contributed by atoms with Crippen molar-refractivity contribution in [1.29, 1.82) is 0 Å². The summed E-state index contributed by atoms with van der Waals surface area (Å²) in [6, 6.07) is -0.955. The Hall–Kier alpha value is -2.93. The second kappa shape index (κ2) is 16.2. The number of carbonyl (C=O) groups excluding carboxylic acids is 5. The van der Waals surface area contributed by atoms with Crippen LogP contribution in [0.2, 0.25) is 0 Å². The molecule has 2 rings (SSSR count). The maximum atomic E-state index is 13.5. The van der Waals surface area contributed by atoms with E-state index in [0.717, 1.165) is 0 Å². The van der Waals surface area contributed by atoms with Crippen molar-refractivity contribution < 1.29 is 39.0 Å². The van der Waals surface area contributed by atoms with Gasteiger partial charge in [-0.15, -0.1) is 0 Å². The summed E-state index contributed by atoms with van der Waals surface area (Å²) in [7, 11) is 1.61. The molecule has 3 atom stereocenters. The van der Waals surface area contributed by atoms with E-state index in [4.69, 9.17) is 4.74 Å². The fraction of sp³-hybridized carbons (Fsp3) is 0.808. The summed E-state index contributed by atoms with van der Waals surface area (Å²) in [5.41, 5.74) is 1.65. The highest BCUT2D eigenvalue weighted by Crippen LogP contribution is 2.26. The van der Waals surface area contributed by atoms with E-state index in [1.54, 1.807) is 17.4 Å². The van der Waals surface area contributed by atoms with Gasteiger partial charge in [-0.2, -0.15) is 0 Å². The summed E-state index contributed by atoms with van der Waals surface area (Å²) in [6.45, 7) is 4.86. The molecule has 0 spiro atoms. The standard InChI is InChI=1S/C26H45N5O8/c1-17(2)15-20-19(24(35)29-38)7-6-14-39-26(37)30(3)11-5-4-8-21(28-23(20)34)25(36)27-16-22(33)31-12-9-18(32)10-13-31/h17-21,32,38H,4-16H2,1-3H3,(H,27,36)(H,28,34)(H,29,35)/t19-,20?,21?/m0/s1. The van der Waals surface area contributed by atoms with Crippen LogP contribution < -0.4 is 16.1 Å². The van der Waals surface area contributed by atoms with E-state index < -0.39 is 47.8 Å².